The fourth-order valence-corrected chi connectivity index (χ4v) is 3.87. The largest absolute Gasteiger partial charge is 0.330 e. The maximum Gasteiger partial charge on any atom is 0.279 e. The van der Waals surface area contributed by atoms with E-state index in [9.17, 15) is 8.42 Å². The second-order valence-corrected chi connectivity index (χ2v) is 7.21. The Morgan fingerprint density at radius 1 is 1.30 bits per heavy atom. The summed E-state index contributed by atoms with van der Waals surface area (Å²) < 4.78 is 28.8. The summed E-state index contributed by atoms with van der Waals surface area (Å²) in [6, 6.07) is 9.55. The second-order valence-electron chi connectivity index (χ2n) is 5.40. The zero-order chi connectivity index (χ0) is 14.6. The first-order valence-electron chi connectivity index (χ1n) is 7.00. The van der Waals surface area contributed by atoms with Crippen LogP contribution in [0.25, 0.3) is 0 Å². The van der Waals surface area contributed by atoms with Gasteiger partial charge >= 0.3 is 0 Å². The lowest BCUT2D eigenvalue weighted by atomic mass is 10.1. The van der Waals surface area contributed by atoms with Crippen LogP contribution in [0.4, 0.5) is 0 Å². The Morgan fingerprint density at radius 2 is 2.00 bits per heavy atom. The minimum Gasteiger partial charge on any atom is -0.330 e. The van der Waals surface area contributed by atoms with E-state index in [1.54, 1.807) is 7.05 Å². The molecule has 0 spiro atoms. The van der Waals surface area contributed by atoms with Gasteiger partial charge in [0.1, 0.15) is 0 Å². The quantitative estimate of drug-likeness (QED) is 0.825. The van der Waals surface area contributed by atoms with Gasteiger partial charge in [-0.2, -0.15) is 17.4 Å². The molecule has 1 aromatic rings. The summed E-state index contributed by atoms with van der Waals surface area (Å²) in [4.78, 5) is 0. The van der Waals surface area contributed by atoms with Gasteiger partial charge in [0, 0.05) is 19.6 Å². The van der Waals surface area contributed by atoms with Crippen molar-refractivity contribution in [3.8, 4) is 0 Å². The molecule has 3 N–H and O–H groups in total. The van der Waals surface area contributed by atoms with Crippen LogP contribution < -0.4 is 10.5 Å². The highest BCUT2D eigenvalue weighted by Gasteiger charge is 2.31. The van der Waals surface area contributed by atoms with Crippen LogP contribution in [0, 0.1) is 5.92 Å². The molecule has 2 unspecified atom stereocenters. The van der Waals surface area contributed by atoms with Gasteiger partial charge in [-0.3, -0.25) is 0 Å². The molecule has 0 saturated heterocycles. The standard InChI is InChI=1S/C14H23N3O2S/c1-17(11-12-6-3-2-4-7-12)20(18,19)16-14-9-5-8-13(14)10-15/h2-4,6-7,13-14,16H,5,8-11,15H2,1H3. The van der Waals surface area contributed by atoms with Crippen molar-refractivity contribution in [2.75, 3.05) is 13.6 Å². The Kier molecular flexibility index (Phi) is 5.15. The average molecular weight is 297 g/mol. The van der Waals surface area contributed by atoms with Gasteiger partial charge in [0.05, 0.1) is 0 Å². The van der Waals surface area contributed by atoms with Gasteiger partial charge in [-0.15, -0.1) is 0 Å². The molecule has 20 heavy (non-hydrogen) atoms. The Morgan fingerprint density at radius 3 is 2.65 bits per heavy atom. The van der Waals surface area contributed by atoms with Gasteiger partial charge in [-0.05, 0) is 30.9 Å². The van der Waals surface area contributed by atoms with E-state index in [1.165, 1.54) is 4.31 Å². The van der Waals surface area contributed by atoms with Gasteiger partial charge in [0.15, 0.2) is 0 Å². The zero-order valence-electron chi connectivity index (χ0n) is 11.8. The van der Waals surface area contributed by atoms with Crippen LogP contribution in [-0.4, -0.2) is 32.4 Å². The lowest BCUT2D eigenvalue weighted by molar-refractivity contribution is 0.412. The zero-order valence-corrected chi connectivity index (χ0v) is 12.6. The number of hydrogen-bond donors (Lipinski definition) is 2. The van der Waals surface area contributed by atoms with Crippen molar-refractivity contribution in [3.05, 3.63) is 35.9 Å². The van der Waals surface area contributed by atoms with E-state index >= 15 is 0 Å². The number of rotatable bonds is 6. The van der Waals surface area contributed by atoms with Crippen molar-refractivity contribution in [2.45, 2.75) is 31.8 Å². The summed E-state index contributed by atoms with van der Waals surface area (Å²) in [5.74, 6) is 0.259. The van der Waals surface area contributed by atoms with Gasteiger partial charge in [-0.25, -0.2) is 0 Å². The highest BCUT2D eigenvalue weighted by Crippen LogP contribution is 2.25. The summed E-state index contributed by atoms with van der Waals surface area (Å²) in [6.45, 7) is 0.909. The Balaban J connectivity index is 1.99. The highest BCUT2D eigenvalue weighted by molar-refractivity contribution is 7.87. The molecule has 1 saturated carbocycles. The molecule has 5 nitrogen and oxygen atoms in total. The third-order valence-electron chi connectivity index (χ3n) is 3.92. The lowest BCUT2D eigenvalue weighted by Gasteiger charge is -2.24. The van der Waals surface area contributed by atoms with Crippen molar-refractivity contribution in [3.63, 3.8) is 0 Å². The highest BCUT2D eigenvalue weighted by atomic mass is 32.2. The molecule has 1 fully saturated rings. The molecule has 0 aliphatic heterocycles. The van der Waals surface area contributed by atoms with Gasteiger partial charge in [0.2, 0.25) is 0 Å². The molecular formula is C14H23N3O2S. The normalized spacial score (nSPS) is 23.4. The topological polar surface area (TPSA) is 75.4 Å². The average Bonchev–Trinajstić information content (AvgIpc) is 2.86. The molecule has 2 atom stereocenters. The molecule has 0 bridgehead atoms. The number of benzene rings is 1. The number of hydrogen-bond acceptors (Lipinski definition) is 3. The first kappa shape index (κ1) is 15.4. The molecule has 1 aliphatic rings. The van der Waals surface area contributed by atoms with Gasteiger partial charge in [-0.1, -0.05) is 36.8 Å². The smallest absolute Gasteiger partial charge is 0.279 e. The summed E-state index contributed by atoms with van der Waals surface area (Å²) in [7, 11) is -1.86. The van der Waals surface area contributed by atoms with E-state index in [4.69, 9.17) is 5.73 Å². The molecule has 112 valence electrons. The van der Waals surface area contributed by atoms with E-state index in [1.807, 2.05) is 30.3 Å². The van der Waals surface area contributed by atoms with E-state index in [0.717, 1.165) is 24.8 Å². The van der Waals surface area contributed by atoms with E-state index < -0.39 is 10.2 Å². The number of nitrogens with one attached hydrogen (secondary N) is 1. The predicted molar refractivity (Wildman–Crippen MR) is 80.1 cm³/mol. The van der Waals surface area contributed by atoms with E-state index in [0.29, 0.717) is 13.1 Å². The van der Waals surface area contributed by atoms with Crippen LogP contribution in [0.15, 0.2) is 30.3 Å². The van der Waals surface area contributed by atoms with Crippen LogP contribution in [0.5, 0.6) is 0 Å². The van der Waals surface area contributed by atoms with Crippen LogP contribution in [0.1, 0.15) is 24.8 Å². The molecule has 2 rings (SSSR count). The van der Waals surface area contributed by atoms with Crippen LogP contribution in [0.3, 0.4) is 0 Å². The molecule has 0 amide bonds. The Labute approximate surface area is 121 Å². The fourth-order valence-electron chi connectivity index (χ4n) is 2.68. The minimum absolute atomic E-state index is 0.0248. The lowest BCUT2D eigenvalue weighted by Crippen LogP contribution is -2.46. The summed E-state index contributed by atoms with van der Waals surface area (Å²) in [5.41, 5.74) is 6.67. The second kappa shape index (κ2) is 6.67. The minimum atomic E-state index is -3.46. The van der Waals surface area contributed by atoms with Crippen molar-refractivity contribution in [1.29, 1.82) is 0 Å². The van der Waals surface area contributed by atoms with Crippen LogP contribution in [0.2, 0.25) is 0 Å². The van der Waals surface area contributed by atoms with E-state index in [-0.39, 0.29) is 12.0 Å². The third kappa shape index (κ3) is 3.79. The summed E-state index contributed by atoms with van der Waals surface area (Å²) in [5, 5.41) is 0. The predicted octanol–water partition coefficient (Wildman–Crippen LogP) is 1.08. The SMILES string of the molecule is CN(Cc1ccccc1)S(=O)(=O)NC1CCCC1CN. The first-order chi connectivity index (χ1) is 9.53. The van der Waals surface area contributed by atoms with Gasteiger partial charge in [0.25, 0.3) is 10.2 Å². The number of nitrogens with two attached hydrogens (primary N) is 1. The van der Waals surface area contributed by atoms with Crippen LogP contribution in [-0.2, 0) is 16.8 Å². The third-order valence-corrected chi connectivity index (χ3v) is 5.47. The van der Waals surface area contributed by atoms with Crippen molar-refractivity contribution < 1.29 is 8.42 Å². The monoisotopic (exact) mass is 297 g/mol. The van der Waals surface area contributed by atoms with E-state index in [2.05, 4.69) is 4.72 Å². The maximum absolute atomic E-state index is 12.3. The molecule has 0 radical (unpaired) electrons. The summed E-state index contributed by atoms with van der Waals surface area (Å²) >= 11 is 0. The van der Waals surface area contributed by atoms with Crippen molar-refractivity contribution in [1.82, 2.24) is 9.03 Å². The molecule has 0 aromatic heterocycles. The molecule has 1 aliphatic carbocycles. The Hall–Kier alpha value is -0.950. The Bertz CT molecular complexity index is 518. The molecule has 1 aromatic carbocycles. The fraction of sp³-hybridized carbons (Fsp3) is 0.571. The molecular weight excluding hydrogens is 274 g/mol. The van der Waals surface area contributed by atoms with Gasteiger partial charge < -0.3 is 5.73 Å². The molecule has 0 heterocycles. The first-order valence-corrected chi connectivity index (χ1v) is 8.44. The van der Waals surface area contributed by atoms with Crippen molar-refractivity contribution >= 4 is 10.2 Å². The maximum atomic E-state index is 12.3. The number of nitrogens with zero attached hydrogens (tertiary/aromatic N) is 1. The molecule has 6 heteroatoms. The van der Waals surface area contributed by atoms with Crippen LogP contribution >= 0.6 is 0 Å². The summed E-state index contributed by atoms with van der Waals surface area (Å²) in [6.07, 6.45) is 2.92. The van der Waals surface area contributed by atoms with Crippen molar-refractivity contribution in [2.24, 2.45) is 11.7 Å².